The molecule has 2 heteroatoms. The Morgan fingerprint density at radius 3 is 2.70 bits per heavy atom. The molecule has 5 saturated carbocycles. The van der Waals surface area contributed by atoms with Crippen molar-refractivity contribution < 1.29 is 4.79 Å². The van der Waals surface area contributed by atoms with E-state index < -0.39 is 0 Å². The summed E-state index contributed by atoms with van der Waals surface area (Å²) in [6, 6.07) is 2.88. The summed E-state index contributed by atoms with van der Waals surface area (Å²) in [6.45, 7) is 4.72. The molecule has 0 radical (unpaired) electrons. The number of fused-ring (bicyclic) bond motifs is 7. The minimum atomic E-state index is -0.0885. The first-order chi connectivity index (χ1) is 13.0. The lowest BCUT2D eigenvalue weighted by molar-refractivity contribution is -0.118. The zero-order valence-electron chi connectivity index (χ0n) is 16.9. The largest absolute Gasteiger partial charge is 0.295 e. The maximum absolute atomic E-state index is 12.1. The zero-order chi connectivity index (χ0) is 18.6. The van der Waals surface area contributed by atoms with Crippen molar-refractivity contribution in [3.8, 4) is 6.07 Å². The number of allylic oxidation sites excluding steroid dienone is 1. The van der Waals surface area contributed by atoms with Gasteiger partial charge in [-0.15, -0.1) is 0 Å². The van der Waals surface area contributed by atoms with E-state index >= 15 is 0 Å². The van der Waals surface area contributed by atoms with Gasteiger partial charge in [-0.2, -0.15) is 5.26 Å². The molecular weight excluding hydrogens is 330 g/mol. The molecule has 1 unspecified atom stereocenters. The molecule has 0 aromatic rings. The van der Waals surface area contributed by atoms with E-state index in [1.807, 2.05) is 0 Å². The summed E-state index contributed by atoms with van der Waals surface area (Å²) in [7, 11) is 0. The average Bonchev–Trinajstić information content (AvgIpc) is 3.59. The fourth-order valence-corrected chi connectivity index (χ4v) is 9.37. The van der Waals surface area contributed by atoms with Crippen molar-refractivity contribution in [2.24, 2.45) is 58.2 Å². The van der Waals surface area contributed by atoms with Gasteiger partial charge in [0.2, 0.25) is 0 Å². The highest BCUT2D eigenvalue weighted by molar-refractivity contribution is 5.91. The molecule has 144 valence electrons. The van der Waals surface area contributed by atoms with E-state index in [1.54, 1.807) is 0 Å². The Balaban J connectivity index is 1.45. The van der Waals surface area contributed by atoms with Crippen LogP contribution in [0.5, 0.6) is 0 Å². The van der Waals surface area contributed by atoms with Crippen molar-refractivity contribution in [1.29, 1.82) is 5.26 Å². The highest BCUT2D eigenvalue weighted by Gasteiger charge is 2.76. The molecule has 0 aromatic heterocycles. The molecule has 0 aromatic carbocycles. The maximum atomic E-state index is 12.1. The highest BCUT2D eigenvalue weighted by atomic mass is 16.1. The van der Waals surface area contributed by atoms with Crippen molar-refractivity contribution in [3.05, 3.63) is 11.6 Å². The van der Waals surface area contributed by atoms with Crippen LogP contribution in [0.3, 0.4) is 0 Å². The standard InChI is InChI=1S/C25H33NO/c1-3-25-9-8-18-17-7-6-16(27)10-15(17)11-19(14-4-5-14)22(18)23(25)20-12-21(20)24(25,2)13-26/h10,14,17-23H,3-9,11-12H2,1-2H3/t17-,18+,19-,20+,21-,22-,23-,24?,25-/m0/s1. The Morgan fingerprint density at radius 2 is 2.00 bits per heavy atom. The lowest BCUT2D eigenvalue weighted by atomic mass is 9.44. The smallest absolute Gasteiger partial charge is 0.155 e. The number of ketones is 1. The Bertz CT molecular complexity index is 772. The molecule has 0 bridgehead atoms. The number of hydrogen-bond donors (Lipinski definition) is 0. The minimum absolute atomic E-state index is 0.0885. The van der Waals surface area contributed by atoms with Crippen LogP contribution < -0.4 is 0 Å². The van der Waals surface area contributed by atoms with Crippen molar-refractivity contribution in [1.82, 2.24) is 0 Å². The second-order valence-corrected chi connectivity index (χ2v) is 11.2. The van der Waals surface area contributed by atoms with Gasteiger partial charge in [0.05, 0.1) is 11.5 Å². The summed E-state index contributed by atoms with van der Waals surface area (Å²) in [4.78, 5) is 12.1. The van der Waals surface area contributed by atoms with Gasteiger partial charge in [-0.1, -0.05) is 12.5 Å². The van der Waals surface area contributed by atoms with Gasteiger partial charge in [0.15, 0.2) is 5.78 Å². The summed E-state index contributed by atoms with van der Waals surface area (Å²) in [5.41, 5.74) is 1.71. The normalized spacial score (nSPS) is 55.5. The van der Waals surface area contributed by atoms with Gasteiger partial charge >= 0.3 is 0 Å². The van der Waals surface area contributed by atoms with E-state index in [-0.39, 0.29) is 10.8 Å². The van der Waals surface area contributed by atoms with Gasteiger partial charge in [-0.3, -0.25) is 4.79 Å². The molecule has 0 heterocycles. The van der Waals surface area contributed by atoms with Crippen LogP contribution in [0.1, 0.15) is 71.6 Å². The Kier molecular flexibility index (Phi) is 3.29. The SMILES string of the molecule is CC[C@]12CC[C@H]3[C@H]([C@@H]1[C@@H]1C[C@@H]1C2(C)C#N)[C@H](C1CC1)CC1=CC(=O)CC[C@@H]13. The van der Waals surface area contributed by atoms with Gasteiger partial charge in [0, 0.05) is 6.42 Å². The zero-order valence-corrected chi connectivity index (χ0v) is 16.9. The first kappa shape index (κ1) is 16.8. The van der Waals surface area contributed by atoms with E-state index in [0.29, 0.717) is 17.6 Å². The lowest BCUT2D eigenvalue weighted by Gasteiger charge is -2.60. The van der Waals surface area contributed by atoms with Crippen LogP contribution in [0.15, 0.2) is 11.6 Å². The molecular formula is C25H33NO. The predicted molar refractivity (Wildman–Crippen MR) is 104 cm³/mol. The number of nitrogens with zero attached hydrogens (tertiary/aromatic N) is 1. The Hall–Kier alpha value is -1.10. The van der Waals surface area contributed by atoms with Gasteiger partial charge in [-0.25, -0.2) is 0 Å². The molecule has 6 aliphatic carbocycles. The Morgan fingerprint density at radius 1 is 1.19 bits per heavy atom. The number of hydrogen-bond acceptors (Lipinski definition) is 2. The van der Waals surface area contributed by atoms with Crippen LogP contribution in [-0.4, -0.2) is 5.78 Å². The minimum Gasteiger partial charge on any atom is -0.295 e. The number of carbonyl (C=O) groups excluding carboxylic acids is 1. The van der Waals surface area contributed by atoms with Gasteiger partial charge in [0.1, 0.15) is 0 Å². The quantitative estimate of drug-likeness (QED) is 0.646. The molecule has 0 saturated heterocycles. The van der Waals surface area contributed by atoms with Crippen LogP contribution in [0.4, 0.5) is 0 Å². The highest BCUT2D eigenvalue weighted by Crippen LogP contribution is 2.80. The van der Waals surface area contributed by atoms with Gasteiger partial charge in [-0.05, 0) is 117 Å². The van der Waals surface area contributed by atoms with Crippen LogP contribution in [0, 0.1) is 69.5 Å². The van der Waals surface area contributed by atoms with Gasteiger partial charge < -0.3 is 0 Å². The third kappa shape index (κ3) is 1.95. The van der Waals surface area contributed by atoms with Crippen LogP contribution in [0.25, 0.3) is 0 Å². The molecule has 27 heavy (non-hydrogen) atoms. The van der Waals surface area contributed by atoms with Crippen LogP contribution >= 0.6 is 0 Å². The van der Waals surface area contributed by atoms with E-state index in [0.717, 1.165) is 48.3 Å². The molecule has 6 aliphatic rings. The van der Waals surface area contributed by atoms with Crippen LogP contribution in [0.2, 0.25) is 0 Å². The van der Waals surface area contributed by atoms with E-state index in [1.165, 1.54) is 50.5 Å². The maximum Gasteiger partial charge on any atom is 0.155 e. The summed E-state index contributed by atoms with van der Waals surface area (Å²) in [5.74, 6) is 6.73. The summed E-state index contributed by atoms with van der Waals surface area (Å²) in [6.07, 6.45) is 13.1. The summed E-state index contributed by atoms with van der Waals surface area (Å²) < 4.78 is 0. The first-order valence-electron chi connectivity index (χ1n) is 11.7. The van der Waals surface area contributed by atoms with E-state index in [4.69, 9.17) is 0 Å². The number of nitriles is 1. The Labute approximate surface area is 163 Å². The third-order valence-corrected chi connectivity index (χ3v) is 10.6. The molecule has 0 amide bonds. The van der Waals surface area contributed by atoms with E-state index in [2.05, 4.69) is 26.0 Å². The lowest BCUT2D eigenvalue weighted by Crippen LogP contribution is -2.54. The molecule has 0 spiro atoms. The third-order valence-electron chi connectivity index (χ3n) is 10.6. The van der Waals surface area contributed by atoms with Crippen molar-refractivity contribution in [2.75, 3.05) is 0 Å². The monoisotopic (exact) mass is 363 g/mol. The van der Waals surface area contributed by atoms with Crippen molar-refractivity contribution in [3.63, 3.8) is 0 Å². The van der Waals surface area contributed by atoms with Gasteiger partial charge in [0.25, 0.3) is 0 Å². The van der Waals surface area contributed by atoms with E-state index in [9.17, 15) is 10.1 Å². The van der Waals surface area contributed by atoms with Crippen LogP contribution in [-0.2, 0) is 4.79 Å². The van der Waals surface area contributed by atoms with Crippen molar-refractivity contribution in [2.45, 2.75) is 71.6 Å². The summed E-state index contributed by atoms with van der Waals surface area (Å²) >= 11 is 0. The molecule has 0 N–H and O–H groups in total. The van der Waals surface area contributed by atoms with Crippen molar-refractivity contribution >= 4 is 5.78 Å². The predicted octanol–water partition coefficient (Wildman–Crippen LogP) is 5.54. The summed E-state index contributed by atoms with van der Waals surface area (Å²) in [5, 5.41) is 10.3. The molecule has 5 fully saturated rings. The fourth-order valence-electron chi connectivity index (χ4n) is 9.37. The molecule has 9 atom stereocenters. The first-order valence-corrected chi connectivity index (χ1v) is 11.7. The molecule has 0 aliphatic heterocycles. The molecule has 6 rings (SSSR count). The second-order valence-electron chi connectivity index (χ2n) is 11.2. The second kappa shape index (κ2) is 5.28. The molecule has 2 nitrogen and oxygen atoms in total. The topological polar surface area (TPSA) is 40.9 Å². The fraction of sp³-hybridized carbons (Fsp3) is 0.840. The average molecular weight is 364 g/mol. The number of carbonyl (C=O) groups is 1. The number of rotatable bonds is 2.